The molecule has 2 aromatic heterocycles. The number of thiophene rings is 1. The second kappa shape index (κ2) is 6.49. The molecule has 3 nitrogen and oxygen atoms in total. The zero-order valence-corrected chi connectivity index (χ0v) is 15.4. The minimum atomic E-state index is -0.0183. The van der Waals surface area contributed by atoms with Crippen LogP contribution in [0.4, 0.5) is 0 Å². The van der Waals surface area contributed by atoms with Crippen LogP contribution >= 0.6 is 23.1 Å². The summed E-state index contributed by atoms with van der Waals surface area (Å²) in [5.74, 6) is 1.68. The lowest BCUT2D eigenvalue weighted by Crippen LogP contribution is -2.12. The lowest BCUT2D eigenvalue weighted by atomic mass is 10.1. The van der Waals surface area contributed by atoms with Crippen LogP contribution in [0.25, 0.3) is 10.2 Å². The number of aromatic amines is 1. The van der Waals surface area contributed by atoms with Gasteiger partial charge in [0.05, 0.1) is 10.6 Å². The van der Waals surface area contributed by atoms with E-state index in [0.29, 0.717) is 0 Å². The van der Waals surface area contributed by atoms with E-state index in [0.717, 1.165) is 32.2 Å². The molecule has 120 valence electrons. The molecule has 0 amide bonds. The van der Waals surface area contributed by atoms with E-state index in [4.69, 9.17) is 4.98 Å². The topological polar surface area (TPSA) is 45.8 Å². The molecule has 1 aromatic carbocycles. The number of thioether (sulfide) groups is 1. The number of hydrogen-bond acceptors (Lipinski definition) is 4. The molecule has 2 heterocycles. The number of fused-ring (bicyclic) bond motifs is 1. The van der Waals surface area contributed by atoms with Crippen LogP contribution in [0.5, 0.6) is 0 Å². The fraction of sp³-hybridized carbons (Fsp3) is 0.333. The Bertz CT molecular complexity index is 911. The maximum Gasteiger partial charge on any atom is 0.259 e. The summed E-state index contributed by atoms with van der Waals surface area (Å²) in [5.41, 5.74) is 3.66. The third-order valence-corrected chi connectivity index (χ3v) is 6.49. The molecule has 3 rings (SSSR count). The zero-order chi connectivity index (χ0) is 16.6. The van der Waals surface area contributed by atoms with E-state index in [1.54, 1.807) is 23.1 Å². The van der Waals surface area contributed by atoms with Gasteiger partial charge in [0.1, 0.15) is 10.7 Å². The highest BCUT2D eigenvalue weighted by molar-refractivity contribution is 7.98. The van der Waals surface area contributed by atoms with Gasteiger partial charge in [-0.25, -0.2) is 4.98 Å². The van der Waals surface area contributed by atoms with Crippen molar-refractivity contribution in [2.24, 2.45) is 0 Å². The molecule has 23 heavy (non-hydrogen) atoms. The van der Waals surface area contributed by atoms with Crippen LogP contribution in [0.1, 0.15) is 39.6 Å². The lowest BCUT2D eigenvalue weighted by Gasteiger charge is -2.12. The van der Waals surface area contributed by atoms with Crippen molar-refractivity contribution in [3.8, 4) is 0 Å². The van der Waals surface area contributed by atoms with Gasteiger partial charge in [-0.15, -0.1) is 23.1 Å². The van der Waals surface area contributed by atoms with Crippen molar-refractivity contribution >= 4 is 33.3 Å². The number of hydrogen-bond donors (Lipinski definition) is 1. The first-order valence-corrected chi connectivity index (χ1v) is 9.50. The number of H-pyrrole nitrogens is 1. The third-order valence-electron chi connectivity index (χ3n) is 4.19. The minimum Gasteiger partial charge on any atom is -0.309 e. The smallest absolute Gasteiger partial charge is 0.259 e. The van der Waals surface area contributed by atoms with Crippen LogP contribution in [-0.4, -0.2) is 9.97 Å². The van der Waals surface area contributed by atoms with Crippen molar-refractivity contribution in [2.45, 2.75) is 38.7 Å². The van der Waals surface area contributed by atoms with Gasteiger partial charge in [-0.2, -0.15) is 0 Å². The highest BCUT2D eigenvalue weighted by Gasteiger charge is 2.15. The van der Waals surface area contributed by atoms with Gasteiger partial charge in [-0.1, -0.05) is 24.3 Å². The Kier molecular flexibility index (Phi) is 4.60. The number of nitrogens with zero attached hydrogens (tertiary/aromatic N) is 1. The Morgan fingerprint density at radius 3 is 2.74 bits per heavy atom. The number of nitrogens with one attached hydrogen (secondary N) is 1. The Balaban J connectivity index is 1.85. The first kappa shape index (κ1) is 16.3. The Labute approximate surface area is 144 Å². The van der Waals surface area contributed by atoms with E-state index in [-0.39, 0.29) is 10.8 Å². The zero-order valence-electron chi connectivity index (χ0n) is 13.8. The van der Waals surface area contributed by atoms with Gasteiger partial charge >= 0.3 is 0 Å². The number of benzene rings is 1. The molecule has 1 N–H and O–H groups in total. The monoisotopic (exact) mass is 344 g/mol. The van der Waals surface area contributed by atoms with Crippen LogP contribution < -0.4 is 5.56 Å². The summed E-state index contributed by atoms with van der Waals surface area (Å²) < 4.78 is 0. The van der Waals surface area contributed by atoms with E-state index < -0.39 is 0 Å². The van der Waals surface area contributed by atoms with E-state index in [9.17, 15) is 4.79 Å². The Morgan fingerprint density at radius 1 is 1.26 bits per heavy atom. The first-order valence-electron chi connectivity index (χ1n) is 7.63. The minimum absolute atomic E-state index is 0.0183. The molecule has 0 aliphatic heterocycles. The van der Waals surface area contributed by atoms with E-state index in [2.05, 4.69) is 43.1 Å². The number of aromatic nitrogens is 2. The molecule has 0 fully saturated rings. The van der Waals surface area contributed by atoms with E-state index in [1.807, 2.05) is 13.8 Å². The summed E-state index contributed by atoms with van der Waals surface area (Å²) in [6.45, 7) is 8.25. The molecule has 1 unspecified atom stereocenters. The predicted octanol–water partition coefficient (Wildman–Crippen LogP) is 4.90. The normalized spacial score (nSPS) is 12.7. The fourth-order valence-electron chi connectivity index (χ4n) is 2.53. The van der Waals surface area contributed by atoms with E-state index >= 15 is 0 Å². The van der Waals surface area contributed by atoms with Gasteiger partial charge < -0.3 is 4.98 Å². The van der Waals surface area contributed by atoms with Crippen molar-refractivity contribution in [1.29, 1.82) is 0 Å². The van der Waals surface area contributed by atoms with Crippen LogP contribution in [0, 0.1) is 20.8 Å². The molecule has 0 bridgehead atoms. The quantitative estimate of drug-likeness (QED) is 0.732. The van der Waals surface area contributed by atoms with Gasteiger partial charge in [-0.3, -0.25) is 4.79 Å². The largest absolute Gasteiger partial charge is 0.309 e. The molecular weight excluding hydrogens is 324 g/mol. The SMILES string of the molecule is Cc1ccccc1CSC(C)c1nc2sc(C)c(C)c2c(=O)[nH]1. The summed E-state index contributed by atoms with van der Waals surface area (Å²) >= 11 is 3.40. The molecule has 0 radical (unpaired) electrons. The van der Waals surface area contributed by atoms with Gasteiger partial charge in [-0.05, 0) is 44.4 Å². The number of rotatable bonds is 4. The summed E-state index contributed by atoms with van der Waals surface area (Å²) in [6, 6.07) is 8.41. The molecule has 5 heteroatoms. The highest BCUT2D eigenvalue weighted by Crippen LogP contribution is 2.32. The average molecular weight is 345 g/mol. The standard InChI is InChI=1S/C18H20N2OS2/c1-10-7-5-6-8-14(10)9-22-13(4)16-19-17(21)15-11(2)12(3)23-18(15)20-16/h5-8,13H,9H2,1-4H3,(H,19,20,21). The highest BCUT2D eigenvalue weighted by atomic mass is 32.2. The van der Waals surface area contributed by atoms with Crippen molar-refractivity contribution in [1.82, 2.24) is 9.97 Å². The predicted molar refractivity (Wildman–Crippen MR) is 101 cm³/mol. The second-order valence-electron chi connectivity index (χ2n) is 5.79. The van der Waals surface area contributed by atoms with Gasteiger partial charge in [0.15, 0.2) is 0 Å². The molecular formula is C18H20N2OS2. The average Bonchev–Trinajstić information content (AvgIpc) is 2.81. The number of aryl methyl sites for hydroxylation is 3. The Morgan fingerprint density at radius 2 is 2.00 bits per heavy atom. The first-order chi connectivity index (χ1) is 11.0. The van der Waals surface area contributed by atoms with Crippen LogP contribution in [0.15, 0.2) is 29.1 Å². The van der Waals surface area contributed by atoms with Gasteiger partial charge in [0, 0.05) is 10.6 Å². The molecule has 0 aliphatic rings. The maximum atomic E-state index is 12.4. The van der Waals surface area contributed by atoms with Gasteiger partial charge in [0.2, 0.25) is 0 Å². The third kappa shape index (κ3) is 3.21. The molecule has 3 aromatic rings. The second-order valence-corrected chi connectivity index (χ2v) is 8.33. The summed E-state index contributed by atoms with van der Waals surface area (Å²) in [6.07, 6.45) is 0. The molecule has 0 aliphatic carbocycles. The van der Waals surface area contributed by atoms with E-state index in [1.165, 1.54) is 11.1 Å². The van der Waals surface area contributed by atoms with Crippen molar-refractivity contribution in [2.75, 3.05) is 0 Å². The van der Waals surface area contributed by atoms with Crippen molar-refractivity contribution in [3.05, 3.63) is 62.0 Å². The Hall–Kier alpha value is -1.59. The van der Waals surface area contributed by atoms with Crippen molar-refractivity contribution < 1.29 is 0 Å². The molecule has 1 atom stereocenters. The van der Waals surface area contributed by atoms with Crippen molar-refractivity contribution in [3.63, 3.8) is 0 Å². The van der Waals surface area contributed by atoms with Crippen LogP contribution in [-0.2, 0) is 5.75 Å². The summed E-state index contributed by atoms with van der Waals surface area (Å²) in [4.78, 5) is 22.0. The maximum absolute atomic E-state index is 12.4. The summed E-state index contributed by atoms with van der Waals surface area (Å²) in [7, 11) is 0. The van der Waals surface area contributed by atoms with Gasteiger partial charge in [0.25, 0.3) is 5.56 Å². The molecule has 0 saturated heterocycles. The molecule has 0 spiro atoms. The fourth-order valence-corrected chi connectivity index (χ4v) is 4.59. The van der Waals surface area contributed by atoms with Crippen LogP contribution in [0.3, 0.4) is 0 Å². The molecule has 0 saturated carbocycles. The summed E-state index contributed by atoms with van der Waals surface area (Å²) in [5, 5.41) is 0.891. The lowest BCUT2D eigenvalue weighted by molar-refractivity contribution is 0.924. The van der Waals surface area contributed by atoms with Crippen LogP contribution in [0.2, 0.25) is 0 Å².